The molecule has 3 rings (SSSR count). The number of hydrogen-bond donors (Lipinski definition) is 1. The second kappa shape index (κ2) is 6.87. The first kappa shape index (κ1) is 15.6. The lowest BCUT2D eigenvalue weighted by atomic mass is 10.2. The normalized spacial score (nSPS) is 20.7. The minimum Gasteiger partial charge on any atom is -0.486 e. The molecule has 0 aliphatic carbocycles. The van der Waals surface area contributed by atoms with Crippen LogP contribution in [0.4, 0.5) is 0 Å². The quantitative estimate of drug-likeness (QED) is 0.826. The lowest BCUT2D eigenvalue weighted by Crippen LogP contribution is -2.51. The van der Waals surface area contributed by atoms with Crippen LogP contribution in [-0.4, -0.2) is 74.1 Å². The van der Waals surface area contributed by atoms with Crippen LogP contribution >= 0.6 is 0 Å². The van der Waals surface area contributed by atoms with Gasteiger partial charge in [-0.25, -0.2) is 0 Å². The highest BCUT2D eigenvalue weighted by atomic mass is 16.6. The number of hydrogen-bond acceptors (Lipinski definition) is 5. The molecule has 2 aliphatic heterocycles. The molecule has 0 radical (unpaired) electrons. The molecule has 0 saturated carbocycles. The van der Waals surface area contributed by atoms with E-state index in [9.17, 15) is 9.59 Å². The van der Waals surface area contributed by atoms with Gasteiger partial charge in [0.15, 0.2) is 17.6 Å². The van der Waals surface area contributed by atoms with Gasteiger partial charge in [0, 0.05) is 20.1 Å². The monoisotopic (exact) mass is 319 g/mol. The zero-order valence-electron chi connectivity index (χ0n) is 13.2. The van der Waals surface area contributed by atoms with Crippen LogP contribution in [0, 0.1) is 0 Å². The average molecular weight is 319 g/mol. The van der Waals surface area contributed by atoms with Crippen LogP contribution < -0.4 is 14.8 Å². The van der Waals surface area contributed by atoms with E-state index in [1.807, 2.05) is 29.2 Å². The lowest BCUT2D eigenvalue weighted by Gasteiger charge is -2.31. The van der Waals surface area contributed by atoms with Crippen LogP contribution in [0.15, 0.2) is 24.3 Å². The molecule has 1 fully saturated rings. The summed E-state index contributed by atoms with van der Waals surface area (Å²) >= 11 is 0. The van der Waals surface area contributed by atoms with E-state index in [0.717, 1.165) is 5.75 Å². The Hall–Kier alpha value is -2.28. The summed E-state index contributed by atoms with van der Waals surface area (Å²) in [5.74, 6) is 1.38. The van der Waals surface area contributed by atoms with Gasteiger partial charge in [0.05, 0.1) is 19.6 Å². The smallest absolute Gasteiger partial charge is 0.236 e. The number of para-hydroxylation sites is 2. The maximum Gasteiger partial charge on any atom is 0.236 e. The number of carbonyl (C=O) groups excluding carboxylic acids is 2. The largest absolute Gasteiger partial charge is 0.486 e. The van der Waals surface area contributed by atoms with Crippen molar-refractivity contribution in [2.45, 2.75) is 6.10 Å². The van der Waals surface area contributed by atoms with Gasteiger partial charge in [0.1, 0.15) is 6.61 Å². The van der Waals surface area contributed by atoms with Crippen molar-refractivity contribution >= 4 is 11.8 Å². The average Bonchev–Trinajstić information content (AvgIpc) is 2.54. The third-order valence-electron chi connectivity index (χ3n) is 3.95. The maximum atomic E-state index is 12.3. The predicted octanol–water partition coefficient (Wildman–Crippen LogP) is -0.283. The lowest BCUT2D eigenvalue weighted by molar-refractivity contribution is -0.134. The molecule has 1 aromatic rings. The van der Waals surface area contributed by atoms with Crippen molar-refractivity contribution < 1.29 is 19.1 Å². The predicted molar refractivity (Wildman–Crippen MR) is 83.4 cm³/mol. The van der Waals surface area contributed by atoms with Crippen molar-refractivity contribution in [2.75, 3.05) is 46.4 Å². The molecule has 2 heterocycles. The van der Waals surface area contributed by atoms with Gasteiger partial charge >= 0.3 is 0 Å². The summed E-state index contributed by atoms with van der Waals surface area (Å²) < 4.78 is 11.5. The molecule has 0 aromatic heterocycles. The van der Waals surface area contributed by atoms with E-state index >= 15 is 0 Å². The third-order valence-corrected chi connectivity index (χ3v) is 3.95. The summed E-state index contributed by atoms with van der Waals surface area (Å²) in [5.41, 5.74) is 0. The van der Waals surface area contributed by atoms with E-state index in [1.54, 1.807) is 11.9 Å². The Morgan fingerprint density at radius 2 is 2.17 bits per heavy atom. The van der Waals surface area contributed by atoms with Crippen molar-refractivity contribution in [1.29, 1.82) is 0 Å². The van der Waals surface area contributed by atoms with Crippen molar-refractivity contribution in [3.05, 3.63) is 24.3 Å². The van der Waals surface area contributed by atoms with E-state index in [2.05, 4.69) is 5.32 Å². The number of rotatable bonds is 4. The maximum absolute atomic E-state index is 12.3. The Labute approximate surface area is 135 Å². The van der Waals surface area contributed by atoms with E-state index in [4.69, 9.17) is 9.47 Å². The highest BCUT2D eigenvalue weighted by Gasteiger charge is 2.25. The first-order chi connectivity index (χ1) is 11.1. The van der Waals surface area contributed by atoms with Gasteiger partial charge in [-0.05, 0) is 12.1 Å². The number of benzene rings is 1. The number of amides is 2. The van der Waals surface area contributed by atoms with Crippen molar-refractivity contribution in [1.82, 2.24) is 15.1 Å². The Bertz CT molecular complexity index is 592. The summed E-state index contributed by atoms with van der Waals surface area (Å²) in [7, 11) is 1.75. The van der Waals surface area contributed by atoms with Gasteiger partial charge in [0.2, 0.25) is 11.8 Å². The minimum atomic E-state index is -0.191. The number of piperazine rings is 1. The molecule has 1 aromatic carbocycles. The Kier molecular flexibility index (Phi) is 4.66. The van der Waals surface area contributed by atoms with Crippen LogP contribution in [-0.2, 0) is 9.59 Å². The number of nitrogens with one attached hydrogen (secondary N) is 1. The van der Waals surface area contributed by atoms with Crippen LogP contribution in [0.3, 0.4) is 0 Å². The molecular formula is C16H21N3O4. The van der Waals surface area contributed by atoms with Gasteiger partial charge in [-0.2, -0.15) is 0 Å². The van der Waals surface area contributed by atoms with Crippen LogP contribution in [0.1, 0.15) is 0 Å². The first-order valence-corrected chi connectivity index (χ1v) is 7.73. The molecule has 23 heavy (non-hydrogen) atoms. The SMILES string of the molecule is CN(C[C@@H]1COc2ccccc2O1)C(=O)CN1CCNC(=O)C1. The minimum absolute atomic E-state index is 0.0258. The molecule has 2 amide bonds. The standard InChI is InChI=1S/C16H21N3O4/c1-18(16(21)10-19-7-6-17-15(20)9-19)8-12-11-22-13-4-2-3-5-14(13)23-12/h2-5,12H,6-11H2,1H3,(H,17,20)/t12-/m1/s1. The van der Waals surface area contributed by atoms with E-state index in [1.165, 1.54) is 0 Å². The Morgan fingerprint density at radius 1 is 1.39 bits per heavy atom. The van der Waals surface area contributed by atoms with Crippen LogP contribution in [0.5, 0.6) is 11.5 Å². The topological polar surface area (TPSA) is 71.1 Å². The van der Waals surface area contributed by atoms with Crippen LogP contribution in [0.25, 0.3) is 0 Å². The third kappa shape index (κ3) is 3.92. The molecule has 124 valence electrons. The zero-order valence-corrected chi connectivity index (χ0v) is 13.2. The fourth-order valence-electron chi connectivity index (χ4n) is 2.70. The van der Waals surface area contributed by atoms with Gasteiger partial charge in [-0.1, -0.05) is 12.1 Å². The van der Waals surface area contributed by atoms with Gasteiger partial charge in [-0.3, -0.25) is 14.5 Å². The zero-order chi connectivity index (χ0) is 16.2. The van der Waals surface area contributed by atoms with E-state index in [0.29, 0.717) is 32.0 Å². The molecule has 0 unspecified atom stereocenters. The molecule has 7 nitrogen and oxygen atoms in total. The molecule has 0 bridgehead atoms. The molecule has 7 heteroatoms. The molecular weight excluding hydrogens is 298 g/mol. The van der Waals surface area contributed by atoms with E-state index in [-0.39, 0.29) is 31.0 Å². The number of carbonyl (C=O) groups is 2. The fraction of sp³-hybridized carbons (Fsp3) is 0.500. The number of likely N-dealkylation sites (N-methyl/N-ethyl adjacent to an activating group) is 1. The van der Waals surface area contributed by atoms with Gasteiger partial charge < -0.3 is 19.7 Å². The second-order valence-corrected chi connectivity index (χ2v) is 5.83. The first-order valence-electron chi connectivity index (χ1n) is 7.73. The highest BCUT2D eigenvalue weighted by Crippen LogP contribution is 2.30. The molecule has 0 spiro atoms. The summed E-state index contributed by atoms with van der Waals surface area (Å²) in [4.78, 5) is 27.1. The second-order valence-electron chi connectivity index (χ2n) is 5.83. The van der Waals surface area contributed by atoms with E-state index < -0.39 is 0 Å². The number of nitrogens with zero attached hydrogens (tertiary/aromatic N) is 2. The molecule has 1 atom stereocenters. The molecule has 1 saturated heterocycles. The van der Waals surface area contributed by atoms with Gasteiger partial charge in [0.25, 0.3) is 0 Å². The summed E-state index contributed by atoms with van der Waals surface area (Å²) in [6.45, 7) is 2.67. The Balaban J connectivity index is 1.50. The number of ether oxygens (including phenoxy) is 2. The highest BCUT2D eigenvalue weighted by molar-refractivity contribution is 5.81. The summed E-state index contributed by atoms with van der Waals surface area (Å²) in [6.07, 6.45) is -0.191. The van der Waals surface area contributed by atoms with Gasteiger partial charge in [-0.15, -0.1) is 0 Å². The fourth-order valence-corrected chi connectivity index (χ4v) is 2.70. The van der Waals surface area contributed by atoms with Crippen LogP contribution in [0.2, 0.25) is 0 Å². The van der Waals surface area contributed by atoms with Crippen molar-refractivity contribution in [2.24, 2.45) is 0 Å². The van der Waals surface area contributed by atoms with Crippen molar-refractivity contribution in [3.8, 4) is 11.5 Å². The summed E-state index contributed by atoms with van der Waals surface area (Å²) in [6, 6.07) is 7.51. The summed E-state index contributed by atoms with van der Waals surface area (Å²) in [5, 5.41) is 2.75. The molecule has 2 aliphatic rings. The Morgan fingerprint density at radius 3 is 2.96 bits per heavy atom. The molecule has 1 N–H and O–H groups in total. The van der Waals surface area contributed by atoms with Crippen molar-refractivity contribution in [3.63, 3.8) is 0 Å². The number of fused-ring (bicyclic) bond motifs is 1.